The van der Waals surface area contributed by atoms with Gasteiger partial charge in [-0.3, -0.25) is 4.79 Å². The Kier molecular flexibility index (Phi) is 10.6. The molecule has 0 bridgehead atoms. The second-order valence-electron chi connectivity index (χ2n) is 3.35. The predicted octanol–water partition coefficient (Wildman–Crippen LogP) is 1.19. The van der Waals surface area contributed by atoms with E-state index in [2.05, 4.69) is 81.9 Å². The van der Waals surface area contributed by atoms with Gasteiger partial charge in [-0.05, 0) is 41.9 Å². The minimum absolute atomic E-state index is 0.172. The maximum Gasteiger partial charge on any atom is 0.322 e. The molecule has 0 aliphatic rings. The lowest BCUT2D eigenvalue weighted by Gasteiger charge is -2.01. The van der Waals surface area contributed by atoms with Gasteiger partial charge >= 0.3 is 5.97 Å². The van der Waals surface area contributed by atoms with Crippen molar-refractivity contribution in [2.75, 3.05) is 0 Å². The van der Waals surface area contributed by atoms with Crippen molar-refractivity contribution in [3.8, 4) is 83.6 Å². The molecule has 0 amide bonds. The lowest BCUT2D eigenvalue weighted by molar-refractivity contribution is -0.140. The quantitative estimate of drug-likeness (QED) is 0.556. The smallest absolute Gasteiger partial charge is 0.322 e. The number of hydrogen-bond donors (Lipinski definition) is 0. The van der Waals surface area contributed by atoms with Crippen LogP contribution in [0.4, 0.5) is 0 Å². The van der Waals surface area contributed by atoms with Crippen molar-refractivity contribution in [3.05, 3.63) is 0 Å². The van der Waals surface area contributed by atoms with Gasteiger partial charge in [0.15, 0.2) is 0 Å². The highest BCUT2D eigenvalue weighted by Crippen LogP contribution is 2.01. The first kappa shape index (κ1) is 17.4. The van der Waals surface area contributed by atoms with Crippen molar-refractivity contribution >= 4 is 5.97 Å². The van der Waals surface area contributed by atoms with Crippen LogP contribution in [0.15, 0.2) is 0 Å². The lowest BCUT2D eigenvalue weighted by Crippen LogP contribution is -2.10. The minimum atomic E-state index is -0.366. The monoisotopic (exact) mass is 270 g/mol. The van der Waals surface area contributed by atoms with Crippen LogP contribution in [-0.2, 0) is 9.53 Å². The van der Waals surface area contributed by atoms with Crippen molar-refractivity contribution in [3.63, 3.8) is 0 Å². The second kappa shape index (κ2) is 12.8. The predicted molar refractivity (Wildman–Crippen MR) is 81.0 cm³/mol. The van der Waals surface area contributed by atoms with Crippen LogP contribution in [-0.4, -0.2) is 5.97 Å². The molecule has 0 aromatic carbocycles. The molecule has 0 rings (SSSR count). The van der Waals surface area contributed by atoms with E-state index in [1.54, 1.807) is 6.92 Å². The second-order valence-corrected chi connectivity index (χ2v) is 3.35. The van der Waals surface area contributed by atoms with E-state index in [0.717, 1.165) is 0 Å². The van der Waals surface area contributed by atoms with Gasteiger partial charge in [-0.2, -0.15) is 0 Å². The normalized spacial score (nSPS) is 7.29. The third-order valence-electron chi connectivity index (χ3n) is 1.91. The van der Waals surface area contributed by atoms with Crippen LogP contribution in [0.25, 0.3) is 0 Å². The number of carbonyl (C=O) groups excluding carboxylic acids is 1. The molecule has 21 heavy (non-hydrogen) atoms. The number of hydrogen-bond acceptors (Lipinski definition) is 2. The molecular formula is C19H10O2. The Morgan fingerprint density at radius 3 is 1.76 bits per heavy atom. The molecule has 98 valence electrons. The molecule has 0 fully saturated rings. The van der Waals surface area contributed by atoms with E-state index in [0.29, 0.717) is 6.42 Å². The maximum absolute atomic E-state index is 11.2. The van der Waals surface area contributed by atoms with Gasteiger partial charge in [0, 0.05) is 35.5 Å². The Labute approximate surface area is 126 Å². The Morgan fingerprint density at radius 2 is 1.33 bits per heavy atom. The van der Waals surface area contributed by atoms with Crippen LogP contribution in [0.3, 0.4) is 0 Å². The summed E-state index contributed by atoms with van der Waals surface area (Å²) in [4.78, 5) is 11.2. The first-order chi connectivity index (χ1) is 10.2. The molecule has 1 unspecified atom stereocenters. The van der Waals surface area contributed by atoms with Gasteiger partial charge in [0.25, 0.3) is 0 Å². The van der Waals surface area contributed by atoms with Crippen molar-refractivity contribution < 1.29 is 9.53 Å². The summed E-state index contributed by atoms with van der Waals surface area (Å²) < 4.78 is 4.66. The van der Waals surface area contributed by atoms with E-state index < -0.39 is 0 Å². The van der Waals surface area contributed by atoms with Crippen LogP contribution in [0, 0.1) is 89.5 Å². The fourth-order valence-corrected chi connectivity index (χ4v) is 0.686. The zero-order chi connectivity index (χ0) is 15.8. The van der Waals surface area contributed by atoms with Gasteiger partial charge in [0.05, 0.1) is 5.92 Å². The van der Waals surface area contributed by atoms with Gasteiger partial charge in [-0.1, -0.05) is 13.8 Å². The highest BCUT2D eigenvalue weighted by atomic mass is 16.5. The zero-order valence-corrected chi connectivity index (χ0v) is 11.7. The van der Waals surface area contributed by atoms with Gasteiger partial charge < -0.3 is 4.74 Å². The molecule has 2 heteroatoms. The number of terminal acetylenes is 1. The van der Waals surface area contributed by atoms with Gasteiger partial charge in [0.2, 0.25) is 0 Å². The van der Waals surface area contributed by atoms with E-state index in [1.807, 2.05) is 6.92 Å². The van der Waals surface area contributed by atoms with E-state index in [9.17, 15) is 4.79 Å². The summed E-state index contributed by atoms with van der Waals surface area (Å²) in [6.07, 6.45) is 7.80. The number of carbonyl (C=O) groups is 1. The van der Waals surface area contributed by atoms with Crippen molar-refractivity contribution in [2.24, 2.45) is 5.92 Å². The molecule has 2 nitrogen and oxygen atoms in total. The minimum Gasteiger partial charge on any atom is -0.371 e. The van der Waals surface area contributed by atoms with E-state index in [4.69, 9.17) is 6.42 Å². The standard InChI is InChI=1S/C19H10O2/c1-4-6-7-8-9-10-11-12-13-14-15-16-17-21-19(20)18(3)5-2/h1,18H,5H2,2-3H3. The van der Waals surface area contributed by atoms with Gasteiger partial charge in [-0.25, -0.2) is 0 Å². The molecule has 0 saturated carbocycles. The number of esters is 1. The van der Waals surface area contributed by atoms with Crippen molar-refractivity contribution in [1.29, 1.82) is 0 Å². The molecule has 0 aromatic heterocycles. The van der Waals surface area contributed by atoms with Crippen LogP contribution in [0.1, 0.15) is 20.3 Å². The third kappa shape index (κ3) is 11.2. The van der Waals surface area contributed by atoms with Gasteiger partial charge in [-0.15, -0.1) is 6.42 Å². The topological polar surface area (TPSA) is 26.3 Å². The lowest BCUT2D eigenvalue weighted by atomic mass is 10.1. The number of rotatable bonds is 2. The van der Waals surface area contributed by atoms with Crippen LogP contribution >= 0.6 is 0 Å². The van der Waals surface area contributed by atoms with Crippen molar-refractivity contribution in [1.82, 2.24) is 0 Å². The van der Waals surface area contributed by atoms with E-state index in [-0.39, 0.29) is 11.9 Å². The summed E-state index contributed by atoms with van der Waals surface area (Å²) in [6, 6.07) is 0. The third-order valence-corrected chi connectivity index (χ3v) is 1.91. The molecule has 1 atom stereocenters. The fourth-order valence-electron chi connectivity index (χ4n) is 0.686. The molecule has 0 aliphatic heterocycles. The summed E-state index contributed by atoms with van der Waals surface area (Å²) in [5.41, 5.74) is 0. The summed E-state index contributed by atoms with van der Waals surface area (Å²) in [5, 5.41) is 0. The molecule has 0 radical (unpaired) electrons. The summed E-state index contributed by atoms with van der Waals surface area (Å²) in [7, 11) is 0. The van der Waals surface area contributed by atoms with Crippen LogP contribution in [0.5, 0.6) is 0 Å². The van der Waals surface area contributed by atoms with E-state index in [1.165, 1.54) is 0 Å². The summed E-state index contributed by atoms with van der Waals surface area (Å²) >= 11 is 0. The van der Waals surface area contributed by atoms with E-state index >= 15 is 0 Å². The molecule has 0 aromatic rings. The highest BCUT2D eigenvalue weighted by molar-refractivity contribution is 5.73. The van der Waals surface area contributed by atoms with Crippen LogP contribution in [0.2, 0.25) is 0 Å². The summed E-state index contributed by atoms with van der Waals surface area (Å²) in [5.74, 6) is 28.2. The molecule has 0 spiro atoms. The van der Waals surface area contributed by atoms with Crippen molar-refractivity contribution in [2.45, 2.75) is 20.3 Å². The first-order valence-corrected chi connectivity index (χ1v) is 5.88. The molecule has 0 heterocycles. The van der Waals surface area contributed by atoms with Crippen LogP contribution < -0.4 is 0 Å². The molecule has 0 aliphatic carbocycles. The largest absolute Gasteiger partial charge is 0.371 e. The molecule has 0 N–H and O–H groups in total. The SMILES string of the molecule is C#CC#CC#CC#CC#CC#CC#COC(=O)C(C)CC. The number of ether oxygens (including phenoxy) is 1. The first-order valence-electron chi connectivity index (χ1n) is 5.88. The Morgan fingerprint density at radius 1 is 0.905 bits per heavy atom. The average Bonchev–Trinajstić information content (AvgIpc) is 2.50. The molecular weight excluding hydrogens is 260 g/mol. The Hall–Kier alpha value is -3.61. The zero-order valence-electron chi connectivity index (χ0n) is 11.7. The molecule has 0 saturated heterocycles. The maximum atomic E-state index is 11.2. The highest BCUT2D eigenvalue weighted by Gasteiger charge is 2.10. The summed E-state index contributed by atoms with van der Waals surface area (Å²) in [6.45, 7) is 3.66. The fraction of sp³-hybridized carbons (Fsp3) is 0.211. The average molecular weight is 270 g/mol. The Balaban J connectivity index is 4.26. The Bertz CT molecular complexity index is 784. The van der Waals surface area contributed by atoms with Gasteiger partial charge in [0.1, 0.15) is 6.11 Å².